The van der Waals surface area contributed by atoms with Gasteiger partial charge in [-0.15, -0.1) is 10.2 Å². The van der Waals surface area contributed by atoms with Crippen LogP contribution in [0.3, 0.4) is 0 Å². The first-order valence-electron chi connectivity index (χ1n) is 6.41. The lowest BCUT2D eigenvalue weighted by atomic mass is 10.2. The Balaban J connectivity index is 2.04. The fraction of sp³-hybridized carbons (Fsp3) is 0.154. The van der Waals surface area contributed by atoms with Crippen molar-refractivity contribution in [1.29, 1.82) is 0 Å². The molecule has 0 spiro atoms. The van der Waals surface area contributed by atoms with Crippen LogP contribution in [0.4, 0.5) is 5.82 Å². The molecule has 0 bridgehead atoms. The Hall–Kier alpha value is -2.30. The van der Waals surface area contributed by atoms with Gasteiger partial charge in [-0.25, -0.2) is 9.67 Å². The number of amides is 1. The van der Waals surface area contributed by atoms with E-state index in [1.165, 1.54) is 13.3 Å². The molecule has 9 heteroatoms. The van der Waals surface area contributed by atoms with Crippen molar-refractivity contribution in [3.8, 4) is 17.1 Å². The Kier molecular flexibility index (Phi) is 3.88. The monoisotopic (exact) mass is 409 g/mol. The molecule has 3 rings (SSSR count). The van der Waals surface area contributed by atoms with Crippen LogP contribution in [0.2, 0.25) is 0 Å². The molecule has 0 saturated heterocycles. The van der Waals surface area contributed by atoms with E-state index in [-0.39, 0.29) is 5.91 Å². The number of nitrogens with one attached hydrogen (secondary N) is 2. The highest BCUT2D eigenvalue weighted by Crippen LogP contribution is 2.24. The van der Waals surface area contributed by atoms with Gasteiger partial charge in [-0.1, -0.05) is 0 Å². The van der Waals surface area contributed by atoms with Crippen molar-refractivity contribution in [1.82, 2.24) is 29.9 Å². The van der Waals surface area contributed by atoms with Crippen molar-refractivity contribution in [3.05, 3.63) is 34.1 Å². The van der Waals surface area contributed by atoms with Crippen molar-refractivity contribution in [2.45, 2.75) is 13.8 Å². The molecule has 0 aliphatic heterocycles. The second kappa shape index (κ2) is 5.83. The Morgan fingerprint density at radius 2 is 2.27 bits per heavy atom. The number of H-pyrrole nitrogens is 1. The molecule has 3 aromatic rings. The lowest BCUT2D eigenvalue weighted by Crippen LogP contribution is -2.09. The number of aromatic nitrogens is 6. The zero-order chi connectivity index (χ0) is 15.7. The number of hydrogen-bond acceptors (Lipinski definition) is 5. The molecule has 2 N–H and O–H groups in total. The molecule has 0 aliphatic carbocycles. The number of aryl methyl sites for hydroxylation is 1. The SMILES string of the molecule is CC(=O)Nc1cc(-n2cc(-c3nnc[nH]3)c(I)n2)c(C)cn1. The van der Waals surface area contributed by atoms with Gasteiger partial charge >= 0.3 is 0 Å². The van der Waals surface area contributed by atoms with E-state index in [1.54, 1.807) is 16.9 Å². The minimum Gasteiger partial charge on any atom is -0.327 e. The molecule has 0 saturated carbocycles. The number of nitrogens with zero attached hydrogens (tertiary/aromatic N) is 5. The highest BCUT2D eigenvalue weighted by atomic mass is 127. The van der Waals surface area contributed by atoms with Crippen molar-refractivity contribution in [2.24, 2.45) is 0 Å². The zero-order valence-corrected chi connectivity index (χ0v) is 14.0. The third kappa shape index (κ3) is 2.84. The maximum absolute atomic E-state index is 11.2. The quantitative estimate of drug-likeness (QED) is 0.644. The maximum atomic E-state index is 11.2. The van der Waals surface area contributed by atoms with Gasteiger partial charge in [0.15, 0.2) is 5.82 Å². The number of halogens is 1. The second-order valence-corrected chi connectivity index (χ2v) is 5.67. The van der Waals surface area contributed by atoms with Crippen molar-refractivity contribution >= 4 is 34.3 Å². The summed E-state index contributed by atoms with van der Waals surface area (Å²) in [4.78, 5) is 18.3. The van der Waals surface area contributed by atoms with Crippen LogP contribution in [0.1, 0.15) is 12.5 Å². The Labute approximate surface area is 139 Å². The van der Waals surface area contributed by atoms with Crippen LogP contribution in [-0.2, 0) is 4.79 Å². The lowest BCUT2D eigenvalue weighted by molar-refractivity contribution is -0.114. The van der Waals surface area contributed by atoms with Gasteiger partial charge in [0.05, 0.1) is 11.3 Å². The molecule has 0 atom stereocenters. The van der Waals surface area contributed by atoms with E-state index in [9.17, 15) is 4.79 Å². The molecule has 0 aromatic carbocycles. The molecule has 112 valence electrons. The standard InChI is InChI=1S/C13H12IN7O/c1-7-4-15-11(18-8(2)22)3-10(7)21-5-9(12(14)20-21)13-16-6-17-19-13/h3-6H,1-2H3,(H,15,18,22)(H,16,17,19). The molecular weight excluding hydrogens is 397 g/mol. The van der Waals surface area contributed by atoms with Crippen LogP contribution in [0.25, 0.3) is 17.1 Å². The number of aromatic amines is 1. The molecule has 3 aromatic heterocycles. The molecule has 0 radical (unpaired) electrons. The first-order valence-corrected chi connectivity index (χ1v) is 7.48. The van der Waals surface area contributed by atoms with E-state index in [0.717, 1.165) is 20.5 Å². The summed E-state index contributed by atoms with van der Waals surface area (Å²) < 4.78 is 2.54. The topological polar surface area (TPSA) is 101 Å². The number of rotatable bonds is 3. The van der Waals surface area contributed by atoms with E-state index in [1.807, 2.05) is 13.1 Å². The second-order valence-electron chi connectivity index (χ2n) is 4.65. The fourth-order valence-electron chi connectivity index (χ4n) is 1.98. The molecule has 0 aliphatic rings. The van der Waals surface area contributed by atoms with Gasteiger partial charge in [-0.05, 0) is 35.1 Å². The van der Waals surface area contributed by atoms with Gasteiger partial charge in [-0.2, -0.15) is 5.10 Å². The van der Waals surface area contributed by atoms with Crippen molar-refractivity contribution < 1.29 is 4.79 Å². The van der Waals surface area contributed by atoms with Gasteiger partial charge in [-0.3, -0.25) is 4.79 Å². The van der Waals surface area contributed by atoms with E-state index >= 15 is 0 Å². The van der Waals surface area contributed by atoms with Gasteiger partial charge in [0.25, 0.3) is 0 Å². The molecule has 22 heavy (non-hydrogen) atoms. The Morgan fingerprint density at radius 3 is 2.95 bits per heavy atom. The average molecular weight is 409 g/mol. The molecule has 3 heterocycles. The van der Waals surface area contributed by atoms with Crippen LogP contribution < -0.4 is 5.32 Å². The van der Waals surface area contributed by atoms with E-state index in [2.05, 4.69) is 53.2 Å². The minimum absolute atomic E-state index is 0.167. The number of hydrogen-bond donors (Lipinski definition) is 2. The summed E-state index contributed by atoms with van der Waals surface area (Å²) in [5.74, 6) is 0.976. The van der Waals surface area contributed by atoms with E-state index < -0.39 is 0 Å². The first-order chi connectivity index (χ1) is 10.5. The highest BCUT2D eigenvalue weighted by molar-refractivity contribution is 14.1. The van der Waals surface area contributed by atoms with Crippen LogP contribution in [0.5, 0.6) is 0 Å². The first kappa shape index (κ1) is 14.6. The Bertz CT molecular complexity index is 825. The summed E-state index contributed by atoms with van der Waals surface area (Å²) in [6.45, 7) is 3.38. The van der Waals surface area contributed by atoms with Gasteiger partial charge < -0.3 is 10.3 Å². The summed E-state index contributed by atoms with van der Waals surface area (Å²) in [6.07, 6.45) is 5.08. The molecule has 8 nitrogen and oxygen atoms in total. The molecular formula is C13H12IN7O. The minimum atomic E-state index is -0.167. The van der Waals surface area contributed by atoms with Crippen molar-refractivity contribution in [3.63, 3.8) is 0 Å². The van der Waals surface area contributed by atoms with Crippen LogP contribution in [-0.4, -0.2) is 35.9 Å². The third-order valence-electron chi connectivity index (χ3n) is 2.97. The predicted molar refractivity (Wildman–Crippen MR) is 88.5 cm³/mol. The summed E-state index contributed by atoms with van der Waals surface area (Å²) in [5, 5.41) is 14.9. The summed E-state index contributed by atoms with van der Waals surface area (Å²) in [7, 11) is 0. The van der Waals surface area contributed by atoms with Gasteiger partial charge in [0.2, 0.25) is 5.91 Å². The van der Waals surface area contributed by atoms with E-state index in [4.69, 9.17) is 0 Å². The third-order valence-corrected chi connectivity index (χ3v) is 3.76. The number of carbonyl (C=O) groups excluding carboxylic acids is 1. The van der Waals surface area contributed by atoms with Crippen LogP contribution in [0.15, 0.2) is 24.8 Å². The zero-order valence-electron chi connectivity index (χ0n) is 11.8. The van der Waals surface area contributed by atoms with Gasteiger partial charge in [0.1, 0.15) is 15.8 Å². The van der Waals surface area contributed by atoms with Crippen LogP contribution >= 0.6 is 22.6 Å². The lowest BCUT2D eigenvalue weighted by Gasteiger charge is -2.08. The largest absolute Gasteiger partial charge is 0.327 e. The molecule has 1 amide bonds. The van der Waals surface area contributed by atoms with E-state index in [0.29, 0.717) is 11.6 Å². The summed E-state index contributed by atoms with van der Waals surface area (Å²) in [6, 6.07) is 1.78. The Morgan fingerprint density at radius 1 is 1.45 bits per heavy atom. The predicted octanol–water partition coefficient (Wildman–Crippen LogP) is 1.92. The summed E-state index contributed by atoms with van der Waals surface area (Å²) in [5.41, 5.74) is 2.63. The maximum Gasteiger partial charge on any atom is 0.222 e. The van der Waals surface area contributed by atoms with Crippen molar-refractivity contribution in [2.75, 3.05) is 5.32 Å². The number of pyridine rings is 1. The fourth-order valence-corrected chi connectivity index (χ4v) is 2.61. The highest BCUT2D eigenvalue weighted by Gasteiger charge is 2.14. The smallest absolute Gasteiger partial charge is 0.222 e. The number of anilines is 1. The molecule has 0 unspecified atom stereocenters. The van der Waals surface area contributed by atoms with Crippen LogP contribution in [0, 0.1) is 10.6 Å². The average Bonchev–Trinajstić information content (AvgIpc) is 3.09. The normalized spacial score (nSPS) is 10.7. The molecule has 0 fully saturated rings. The summed E-state index contributed by atoms with van der Waals surface area (Å²) >= 11 is 2.14. The number of carbonyl (C=O) groups is 1. The van der Waals surface area contributed by atoms with Gasteiger partial charge in [0, 0.05) is 25.4 Å².